The van der Waals surface area contributed by atoms with E-state index in [0.717, 1.165) is 19.3 Å². The number of unbranched alkanes of at least 4 members (excludes halogenated alkanes) is 8. The number of rotatable bonds is 17. The molecule has 0 heterocycles. The van der Waals surface area contributed by atoms with Gasteiger partial charge in [0, 0.05) is 12.8 Å². The summed E-state index contributed by atoms with van der Waals surface area (Å²) in [6.45, 7) is 2.08. The lowest BCUT2D eigenvalue weighted by atomic mass is 10.1. The van der Waals surface area contributed by atoms with Gasteiger partial charge in [-0.15, -0.1) is 0 Å². The molecular weight excluding hydrogens is 340 g/mol. The quantitative estimate of drug-likeness (QED) is 0.237. The van der Waals surface area contributed by atoms with Gasteiger partial charge >= 0.3 is 17.9 Å². The average molecular weight is 372 g/mol. The van der Waals surface area contributed by atoms with Crippen LogP contribution in [-0.2, 0) is 28.7 Å². The summed E-state index contributed by atoms with van der Waals surface area (Å²) in [5.74, 6) is -3.60. The number of esters is 2. The number of ketones is 1. The maximum Gasteiger partial charge on any atom is 0.372 e. The molecular formula is C19H32O7. The van der Waals surface area contributed by atoms with Gasteiger partial charge in [-0.3, -0.25) is 14.4 Å². The first-order chi connectivity index (χ1) is 12.5. The second-order valence-electron chi connectivity index (χ2n) is 6.25. The Labute approximate surface area is 155 Å². The third-order valence-corrected chi connectivity index (χ3v) is 3.89. The summed E-state index contributed by atoms with van der Waals surface area (Å²) in [5, 5.41) is 8.37. The molecule has 0 radical (unpaired) electrons. The van der Waals surface area contributed by atoms with Crippen molar-refractivity contribution in [3.63, 3.8) is 0 Å². The van der Waals surface area contributed by atoms with Crippen LogP contribution in [0.1, 0.15) is 84.0 Å². The summed E-state index contributed by atoms with van der Waals surface area (Å²) < 4.78 is 9.71. The lowest BCUT2D eigenvalue weighted by Gasteiger charge is -2.06. The summed E-state index contributed by atoms with van der Waals surface area (Å²) in [6, 6.07) is 0. The minimum atomic E-state index is -1.57. The molecule has 0 rings (SSSR count). The molecule has 1 N–H and O–H groups in total. The predicted octanol–water partition coefficient (Wildman–Crippen LogP) is 3.43. The molecule has 0 unspecified atom stereocenters. The minimum absolute atomic E-state index is 0.0329. The van der Waals surface area contributed by atoms with Crippen molar-refractivity contribution >= 4 is 23.7 Å². The number of aliphatic carboxylic acids is 1. The van der Waals surface area contributed by atoms with Crippen LogP contribution >= 0.6 is 0 Å². The number of carboxylic acid groups (broad SMARTS) is 1. The van der Waals surface area contributed by atoms with Crippen molar-refractivity contribution in [1.29, 1.82) is 0 Å². The number of hydrogen-bond donors (Lipinski definition) is 1. The number of ether oxygens (including phenoxy) is 2. The molecule has 0 aromatic heterocycles. The molecule has 0 saturated heterocycles. The molecule has 0 aliphatic carbocycles. The highest BCUT2D eigenvalue weighted by atomic mass is 16.6. The van der Waals surface area contributed by atoms with Crippen LogP contribution < -0.4 is 0 Å². The van der Waals surface area contributed by atoms with Gasteiger partial charge in [-0.2, -0.15) is 0 Å². The molecule has 0 aliphatic heterocycles. The van der Waals surface area contributed by atoms with Gasteiger partial charge in [-0.05, 0) is 6.42 Å². The summed E-state index contributed by atoms with van der Waals surface area (Å²) in [7, 11) is 0. The molecule has 0 bridgehead atoms. The van der Waals surface area contributed by atoms with Crippen LogP contribution in [0.15, 0.2) is 0 Å². The van der Waals surface area contributed by atoms with E-state index in [1.165, 1.54) is 38.5 Å². The zero-order valence-corrected chi connectivity index (χ0v) is 15.8. The summed E-state index contributed by atoms with van der Waals surface area (Å²) in [4.78, 5) is 43.9. The van der Waals surface area contributed by atoms with Gasteiger partial charge in [0.25, 0.3) is 0 Å². The standard InChI is InChI=1S/C19H32O7/c1-2-3-4-5-6-7-8-9-10-11-17(21)25-14-15-26-18(22)13-12-16(20)19(23)24/h2-15H2,1H3,(H,23,24). The second-order valence-corrected chi connectivity index (χ2v) is 6.25. The minimum Gasteiger partial charge on any atom is -0.476 e. The van der Waals surface area contributed by atoms with Crippen molar-refractivity contribution in [2.45, 2.75) is 84.0 Å². The fourth-order valence-electron chi connectivity index (χ4n) is 2.36. The normalized spacial score (nSPS) is 10.3. The highest BCUT2D eigenvalue weighted by Crippen LogP contribution is 2.10. The summed E-state index contributed by atoms with van der Waals surface area (Å²) >= 11 is 0. The van der Waals surface area contributed by atoms with Gasteiger partial charge in [0.2, 0.25) is 5.78 Å². The van der Waals surface area contributed by atoms with E-state index >= 15 is 0 Å². The zero-order valence-electron chi connectivity index (χ0n) is 15.8. The fraction of sp³-hybridized carbons (Fsp3) is 0.789. The number of carbonyl (C=O) groups is 4. The highest BCUT2D eigenvalue weighted by Gasteiger charge is 2.14. The Kier molecular flexibility index (Phi) is 15.3. The molecule has 0 aromatic rings. The first-order valence-corrected chi connectivity index (χ1v) is 9.54. The Bertz CT molecular complexity index is 432. The van der Waals surface area contributed by atoms with Gasteiger partial charge < -0.3 is 14.6 Å². The third-order valence-electron chi connectivity index (χ3n) is 3.89. The van der Waals surface area contributed by atoms with Crippen molar-refractivity contribution in [2.24, 2.45) is 0 Å². The molecule has 7 heteroatoms. The predicted molar refractivity (Wildman–Crippen MR) is 95.6 cm³/mol. The van der Waals surface area contributed by atoms with Crippen LogP contribution in [0, 0.1) is 0 Å². The lowest BCUT2D eigenvalue weighted by molar-refractivity contribution is -0.154. The number of carbonyl (C=O) groups excluding carboxylic acids is 3. The Morgan fingerprint density at radius 3 is 1.62 bits per heavy atom. The topological polar surface area (TPSA) is 107 Å². The van der Waals surface area contributed by atoms with Crippen molar-refractivity contribution in [3.05, 3.63) is 0 Å². The molecule has 0 amide bonds. The number of Topliss-reactive ketones (excluding diaryl/α,β-unsaturated/α-hetero) is 1. The van der Waals surface area contributed by atoms with E-state index in [-0.39, 0.29) is 25.6 Å². The highest BCUT2D eigenvalue weighted by molar-refractivity contribution is 6.32. The lowest BCUT2D eigenvalue weighted by Crippen LogP contribution is -2.17. The molecule has 0 atom stereocenters. The van der Waals surface area contributed by atoms with Gasteiger partial charge in [0.15, 0.2) is 0 Å². The van der Waals surface area contributed by atoms with Crippen LogP contribution in [0.5, 0.6) is 0 Å². The Balaban J connectivity index is 3.42. The second kappa shape index (κ2) is 16.5. The molecule has 0 aliphatic rings. The first kappa shape index (κ1) is 24.1. The van der Waals surface area contributed by atoms with Gasteiger partial charge in [-0.1, -0.05) is 58.3 Å². The average Bonchev–Trinajstić information content (AvgIpc) is 2.61. The SMILES string of the molecule is CCCCCCCCCCCC(=O)OCCOC(=O)CCC(=O)C(=O)O. The van der Waals surface area contributed by atoms with Crippen molar-refractivity contribution in [1.82, 2.24) is 0 Å². The van der Waals surface area contributed by atoms with Crippen LogP contribution in [0.2, 0.25) is 0 Å². The van der Waals surface area contributed by atoms with Gasteiger partial charge in [0.05, 0.1) is 6.42 Å². The zero-order chi connectivity index (χ0) is 19.6. The fourth-order valence-corrected chi connectivity index (χ4v) is 2.36. The molecule has 0 aromatic carbocycles. The maximum absolute atomic E-state index is 11.5. The third kappa shape index (κ3) is 15.6. The van der Waals surface area contributed by atoms with Gasteiger partial charge in [-0.25, -0.2) is 4.79 Å². The largest absolute Gasteiger partial charge is 0.476 e. The van der Waals surface area contributed by atoms with Crippen LogP contribution in [0.3, 0.4) is 0 Å². The van der Waals surface area contributed by atoms with Crippen molar-refractivity contribution < 1.29 is 33.8 Å². The van der Waals surface area contributed by atoms with E-state index in [0.29, 0.717) is 6.42 Å². The first-order valence-electron chi connectivity index (χ1n) is 9.54. The number of carboxylic acids is 1. The Hall–Kier alpha value is -1.92. The van der Waals surface area contributed by atoms with E-state index in [9.17, 15) is 19.2 Å². The van der Waals surface area contributed by atoms with Crippen molar-refractivity contribution in [2.75, 3.05) is 13.2 Å². The molecule has 7 nitrogen and oxygen atoms in total. The molecule has 26 heavy (non-hydrogen) atoms. The molecule has 0 fully saturated rings. The van der Waals surface area contributed by atoms with E-state index in [4.69, 9.17) is 14.6 Å². The van der Waals surface area contributed by atoms with E-state index in [1.54, 1.807) is 0 Å². The smallest absolute Gasteiger partial charge is 0.372 e. The number of hydrogen-bond acceptors (Lipinski definition) is 6. The monoisotopic (exact) mass is 372 g/mol. The van der Waals surface area contributed by atoms with Gasteiger partial charge in [0.1, 0.15) is 13.2 Å². The Morgan fingerprint density at radius 2 is 1.12 bits per heavy atom. The summed E-state index contributed by atoms with van der Waals surface area (Å²) in [5.41, 5.74) is 0. The molecule has 0 saturated carbocycles. The summed E-state index contributed by atoms with van der Waals surface area (Å²) in [6.07, 6.45) is 10.2. The van der Waals surface area contributed by atoms with Crippen LogP contribution in [-0.4, -0.2) is 42.0 Å². The van der Waals surface area contributed by atoms with E-state index in [2.05, 4.69) is 6.92 Å². The van der Waals surface area contributed by atoms with Crippen LogP contribution in [0.25, 0.3) is 0 Å². The molecule has 0 spiro atoms. The molecule has 150 valence electrons. The Morgan fingerprint density at radius 1 is 0.654 bits per heavy atom. The maximum atomic E-state index is 11.5. The van der Waals surface area contributed by atoms with Crippen LogP contribution in [0.4, 0.5) is 0 Å². The van der Waals surface area contributed by atoms with E-state index < -0.39 is 24.1 Å². The van der Waals surface area contributed by atoms with E-state index in [1.807, 2.05) is 0 Å². The van der Waals surface area contributed by atoms with Crippen molar-refractivity contribution in [3.8, 4) is 0 Å².